The summed E-state index contributed by atoms with van der Waals surface area (Å²) >= 11 is 2.84. The second-order valence-corrected chi connectivity index (χ2v) is 11.5. The van der Waals surface area contributed by atoms with Crippen LogP contribution >= 0.6 is 23.1 Å². The molecule has 1 aromatic carbocycles. The lowest BCUT2D eigenvalue weighted by Crippen LogP contribution is -2.45. The highest BCUT2D eigenvalue weighted by Crippen LogP contribution is 2.33. The summed E-state index contributed by atoms with van der Waals surface area (Å²) in [6, 6.07) is 8.20. The van der Waals surface area contributed by atoms with Gasteiger partial charge in [0.25, 0.3) is 0 Å². The van der Waals surface area contributed by atoms with E-state index < -0.39 is 11.4 Å². The van der Waals surface area contributed by atoms with Crippen LogP contribution in [0.5, 0.6) is 5.75 Å². The van der Waals surface area contributed by atoms with Crippen LogP contribution in [0.15, 0.2) is 34.7 Å². The fourth-order valence-electron chi connectivity index (χ4n) is 3.87. The van der Waals surface area contributed by atoms with Crippen molar-refractivity contribution in [1.29, 1.82) is 0 Å². The third-order valence-corrected chi connectivity index (χ3v) is 8.57. The fraction of sp³-hybridized carbons (Fsp3) is 0.560. The standard InChI is InChI=1S/C25H35N3O4S2/c1-4-32-20-12-10-18(11-13-20)14-15-28(19-8-6-5-7-9-19)24(31)27-23-26-16-21(34-23)33-17-25(2,3)22(29)30/h10-13,16,19H,4-9,14-15,17H2,1-3H3,(H,29,30)(H,26,27,31). The molecule has 1 aliphatic rings. The smallest absolute Gasteiger partial charge is 0.323 e. The first-order chi connectivity index (χ1) is 16.3. The average molecular weight is 506 g/mol. The number of anilines is 1. The summed E-state index contributed by atoms with van der Waals surface area (Å²) in [5.41, 5.74) is 0.350. The molecule has 3 rings (SSSR count). The van der Waals surface area contributed by atoms with Gasteiger partial charge in [-0.1, -0.05) is 42.7 Å². The van der Waals surface area contributed by atoms with Crippen molar-refractivity contribution in [3.05, 3.63) is 36.0 Å². The Labute approximate surface area is 210 Å². The van der Waals surface area contributed by atoms with Crippen LogP contribution in [0, 0.1) is 5.41 Å². The third kappa shape index (κ3) is 7.63. The van der Waals surface area contributed by atoms with Crippen LogP contribution in [-0.4, -0.2) is 51.9 Å². The van der Waals surface area contributed by atoms with Crippen LogP contribution in [0.2, 0.25) is 0 Å². The Balaban J connectivity index is 1.61. The molecule has 1 fully saturated rings. The first-order valence-electron chi connectivity index (χ1n) is 11.9. The minimum atomic E-state index is -0.825. The Morgan fingerprint density at radius 3 is 2.59 bits per heavy atom. The van der Waals surface area contributed by atoms with E-state index in [2.05, 4.69) is 22.4 Å². The number of aliphatic carboxylic acids is 1. The predicted molar refractivity (Wildman–Crippen MR) is 138 cm³/mol. The Bertz CT molecular complexity index is 940. The molecule has 9 heteroatoms. The van der Waals surface area contributed by atoms with Gasteiger partial charge in [0.2, 0.25) is 0 Å². The van der Waals surface area contributed by atoms with Crippen LogP contribution in [0.25, 0.3) is 0 Å². The number of hydrogen-bond donors (Lipinski definition) is 2. The minimum Gasteiger partial charge on any atom is -0.494 e. The van der Waals surface area contributed by atoms with Crippen LogP contribution in [0.4, 0.5) is 9.93 Å². The van der Waals surface area contributed by atoms with Crippen LogP contribution in [-0.2, 0) is 11.2 Å². The molecule has 0 radical (unpaired) electrons. The number of amides is 2. The van der Waals surface area contributed by atoms with Gasteiger partial charge < -0.3 is 14.7 Å². The van der Waals surface area contributed by atoms with Crippen LogP contribution in [0.1, 0.15) is 58.4 Å². The number of carboxylic acids is 1. The lowest BCUT2D eigenvalue weighted by Gasteiger charge is -2.34. The number of aromatic nitrogens is 1. The normalized spacial score (nSPS) is 14.6. The molecule has 1 aliphatic carbocycles. The van der Waals surface area contributed by atoms with Gasteiger partial charge in [0.15, 0.2) is 5.13 Å². The van der Waals surface area contributed by atoms with Gasteiger partial charge in [-0.15, -0.1) is 11.8 Å². The van der Waals surface area contributed by atoms with Crippen molar-refractivity contribution in [1.82, 2.24) is 9.88 Å². The Kier molecular flexibility index (Phi) is 9.64. The van der Waals surface area contributed by atoms with E-state index in [4.69, 9.17) is 4.74 Å². The van der Waals surface area contributed by atoms with Crippen LogP contribution < -0.4 is 10.1 Å². The predicted octanol–water partition coefficient (Wildman–Crippen LogP) is 6.15. The summed E-state index contributed by atoms with van der Waals surface area (Å²) in [6.07, 6.45) is 8.06. The number of urea groups is 1. The van der Waals surface area contributed by atoms with Crippen molar-refractivity contribution in [2.75, 3.05) is 24.2 Å². The highest BCUT2D eigenvalue weighted by atomic mass is 32.2. The largest absolute Gasteiger partial charge is 0.494 e. The highest BCUT2D eigenvalue weighted by Gasteiger charge is 2.28. The Morgan fingerprint density at radius 2 is 1.94 bits per heavy atom. The molecular formula is C25H35N3O4S2. The molecule has 1 saturated carbocycles. The van der Waals surface area contributed by atoms with Crippen molar-refractivity contribution < 1.29 is 19.4 Å². The molecule has 7 nitrogen and oxygen atoms in total. The molecule has 1 aromatic heterocycles. The number of hydrogen-bond acceptors (Lipinski definition) is 6. The molecule has 0 spiro atoms. The van der Waals surface area contributed by atoms with Gasteiger partial charge >= 0.3 is 12.0 Å². The molecule has 0 aliphatic heterocycles. The maximum absolute atomic E-state index is 13.3. The number of ether oxygens (including phenoxy) is 1. The molecule has 2 aromatic rings. The molecule has 0 atom stereocenters. The molecule has 34 heavy (non-hydrogen) atoms. The molecule has 0 unspecified atom stereocenters. The zero-order chi connectivity index (χ0) is 24.6. The van der Waals surface area contributed by atoms with E-state index in [-0.39, 0.29) is 12.1 Å². The average Bonchev–Trinajstić information content (AvgIpc) is 3.27. The summed E-state index contributed by atoms with van der Waals surface area (Å²) in [7, 11) is 0. The maximum Gasteiger partial charge on any atom is 0.323 e. The van der Waals surface area contributed by atoms with Crippen molar-refractivity contribution in [2.24, 2.45) is 5.41 Å². The molecule has 1 heterocycles. The van der Waals surface area contributed by atoms with Crippen LogP contribution in [0.3, 0.4) is 0 Å². The van der Waals surface area contributed by atoms with E-state index >= 15 is 0 Å². The number of nitrogens with zero attached hydrogens (tertiary/aromatic N) is 2. The summed E-state index contributed by atoms with van der Waals surface area (Å²) in [5.74, 6) is 0.472. The zero-order valence-corrected chi connectivity index (χ0v) is 21.8. The molecule has 2 N–H and O–H groups in total. The SMILES string of the molecule is CCOc1ccc(CCN(C(=O)Nc2ncc(SCC(C)(C)C(=O)O)s2)C2CCCCC2)cc1. The summed E-state index contributed by atoms with van der Waals surface area (Å²) in [4.78, 5) is 30.9. The molecule has 0 saturated heterocycles. The van der Waals surface area contributed by atoms with Gasteiger partial charge in [0, 0.05) is 18.3 Å². The second-order valence-electron chi connectivity index (χ2n) is 9.20. The van der Waals surface area contributed by atoms with E-state index in [0.29, 0.717) is 24.0 Å². The first kappa shape index (κ1) is 26.3. The van der Waals surface area contributed by atoms with Crippen molar-refractivity contribution >= 4 is 40.2 Å². The molecule has 186 valence electrons. The van der Waals surface area contributed by atoms with Gasteiger partial charge in [-0.05, 0) is 57.7 Å². The molecule has 2 amide bonds. The van der Waals surface area contributed by atoms with E-state index in [1.807, 2.05) is 24.0 Å². The number of nitrogens with one attached hydrogen (secondary N) is 1. The summed E-state index contributed by atoms with van der Waals surface area (Å²) in [6.45, 7) is 6.67. The Hall–Kier alpha value is -2.26. The minimum absolute atomic E-state index is 0.116. The monoisotopic (exact) mass is 505 g/mol. The van der Waals surface area contributed by atoms with Gasteiger partial charge in [0.1, 0.15) is 5.75 Å². The maximum atomic E-state index is 13.3. The quantitative estimate of drug-likeness (QED) is 0.356. The van der Waals surface area contributed by atoms with Gasteiger partial charge in [-0.2, -0.15) is 0 Å². The number of carboxylic acid groups (broad SMARTS) is 1. The van der Waals surface area contributed by atoms with E-state index in [0.717, 1.165) is 42.1 Å². The van der Waals surface area contributed by atoms with Crippen molar-refractivity contribution in [3.63, 3.8) is 0 Å². The number of thioether (sulfide) groups is 1. The van der Waals surface area contributed by atoms with Crippen molar-refractivity contribution in [2.45, 2.75) is 69.5 Å². The molecule has 0 bridgehead atoms. The summed E-state index contributed by atoms with van der Waals surface area (Å²) < 4.78 is 6.42. The van der Waals surface area contributed by atoms with E-state index in [9.17, 15) is 14.7 Å². The number of rotatable bonds is 11. The fourth-order valence-corrected chi connectivity index (χ4v) is 5.81. The number of carbonyl (C=O) groups excluding carboxylic acids is 1. The van der Waals surface area contributed by atoms with Gasteiger partial charge in [-0.3, -0.25) is 10.1 Å². The number of carbonyl (C=O) groups is 2. The van der Waals surface area contributed by atoms with E-state index in [1.165, 1.54) is 35.1 Å². The lowest BCUT2D eigenvalue weighted by molar-refractivity contribution is -0.145. The topological polar surface area (TPSA) is 91.8 Å². The Morgan fingerprint density at radius 1 is 1.24 bits per heavy atom. The summed E-state index contributed by atoms with van der Waals surface area (Å²) in [5, 5.41) is 12.8. The van der Waals surface area contributed by atoms with E-state index in [1.54, 1.807) is 20.0 Å². The third-order valence-electron chi connectivity index (χ3n) is 6.00. The zero-order valence-electron chi connectivity index (χ0n) is 20.2. The van der Waals surface area contributed by atoms with Gasteiger partial charge in [-0.25, -0.2) is 9.78 Å². The lowest BCUT2D eigenvalue weighted by atomic mass is 9.94. The molecular weight excluding hydrogens is 470 g/mol. The van der Waals surface area contributed by atoms with Crippen molar-refractivity contribution in [3.8, 4) is 5.75 Å². The highest BCUT2D eigenvalue weighted by molar-refractivity contribution is 8.01. The van der Waals surface area contributed by atoms with Gasteiger partial charge in [0.05, 0.1) is 22.4 Å². The second kappa shape index (κ2) is 12.4. The first-order valence-corrected chi connectivity index (χ1v) is 13.7. The number of benzene rings is 1. The number of thiazole rings is 1.